The highest BCUT2D eigenvalue weighted by atomic mass is 19.1. The Kier molecular flexibility index (Phi) is 6.33. The molecule has 0 bridgehead atoms. The summed E-state index contributed by atoms with van der Waals surface area (Å²) in [5.41, 5.74) is 2.55. The third kappa shape index (κ3) is 5.05. The molecule has 0 aliphatic carbocycles. The molecule has 2 aromatic rings. The molecule has 1 N–H and O–H groups in total. The van der Waals surface area contributed by atoms with E-state index in [1.165, 1.54) is 38.1 Å². The molecule has 138 valence electrons. The van der Waals surface area contributed by atoms with Crippen molar-refractivity contribution in [2.75, 3.05) is 5.32 Å². The minimum Gasteiger partial charge on any atom is -0.479 e. The Balaban J connectivity index is 1.93. The molecule has 0 spiro atoms. The van der Waals surface area contributed by atoms with Gasteiger partial charge in [0.1, 0.15) is 11.6 Å². The number of nitrogens with one attached hydrogen (secondary N) is 1. The van der Waals surface area contributed by atoms with Gasteiger partial charge in [0.05, 0.1) is 0 Å². The highest BCUT2D eigenvalue weighted by Gasteiger charge is 2.24. The van der Waals surface area contributed by atoms with Crippen LogP contribution in [0.2, 0.25) is 0 Å². The maximum atomic E-state index is 12.9. The Bertz CT molecular complexity index is 769. The summed E-state index contributed by atoms with van der Waals surface area (Å²) >= 11 is 0. The van der Waals surface area contributed by atoms with E-state index in [-0.39, 0.29) is 0 Å². The van der Waals surface area contributed by atoms with E-state index in [1.807, 2.05) is 32.0 Å². The monoisotopic (exact) mass is 359 g/mol. The number of hydrogen-bond acceptors (Lipinski definition) is 4. The topological polar surface area (TPSA) is 64.6 Å². The normalized spacial score (nSPS) is 12.8. The van der Waals surface area contributed by atoms with E-state index >= 15 is 0 Å². The van der Waals surface area contributed by atoms with Gasteiger partial charge in [-0.3, -0.25) is 4.79 Å². The second-order valence-corrected chi connectivity index (χ2v) is 6.05. The van der Waals surface area contributed by atoms with Crippen molar-refractivity contribution in [2.45, 2.75) is 39.9 Å². The summed E-state index contributed by atoms with van der Waals surface area (Å²) in [6.45, 7) is 6.77. The van der Waals surface area contributed by atoms with Gasteiger partial charge < -0.3 is 14.8 Å². The maximum absolute atomic E-state index is 12.9. The molecule has 0 unspecified atom stereocenters. The number of rotatable bonds is 6. The van der Waals surface area contributed by atoms with Crippen molar-refractivity contribution in [1.29, 1.82) is 0 Å². The standard InChI is InChI=1S/C20H22FNO4/c1-12-6-5-7-13(2)18(12)22-19(23)14(3)26-20(24)15(4)25-17-10-8-16(21)9-11-17/h5-11,14-15H,1-4H3,(H,22,23)/t14-,15+/m1/s1. The molecule has 0 aliphatic rings. The van der Waals surface area contributed by atoms with E-state index in [0.29, 0.717) is 11.4 Å². The molecule has 2 rings (SSSR count). The molecule has 2 atom stereocenters. The highest BCUT2D eigenvalue weighted by molar-refractivity contribution is 5.96. The first-order chi connectivity index (χ1) is 12.3. The van der Waals surface area contributed by atoms with Crippen molar-refractivity contribution in [3.8, 4) is 5.75 Å². The number of carbonyl (C=O) groups excluding carboxylic acids is 2. The molecule has 0 fully saturated rings. The molecular formula is C20H22FNO4. The van der Waals surface area contributed by atoms with Crippen molar-refractivity contribution >= 4 is 17.6 Å². The SMILES string of the molecule is Cc1cccc(C)c1NC(=O)[C@@H](C)OC(=O)[C@H](C)Oc1ccc(F)cc1. The fraction of sp³-hybridized carbons (Fsp3) is 0.300. The van der Waals surface area contributed by atoms with Gasteiger partial charge in [0.15, 0.2) is 12.2 Å². The minimum atomic E-state index is -0.985. The van der Waals surface area contributed by atoms with Crippen LogP contribution in [0.5, 0.6) is 5.75 Å². The Hall–Kier alpha value is -2.89. The lowest BCUT2D eigenvalue weighted by molar-refractivity contribution is -0.159. The molecule has 2 aromatic carbocycles. The number of amides is 1. The average Bonchev–Trinajstić information content (AvgIpc) is 2.59. The number of hydrogen-bond donors (Lipinski definition) is 1. The van der Waals surface area contributed by atoms with Gasteiger partial charge in [0, 0.05) is 5.69 Å². The molecule has 0 saturated heterocycles. The van der Waals surface area contributed by atoms with Crippen LogP contribution in [0.4, 0.5) is 10.1 Å². The number of aryl methyl sites for hydroxylation is 2. The van der Waals surface area contributed by atoms with Crippen LogP contribution < -0.4 is 10.1 Å². The lowest BCUT2D eigenvalue weighted by Crippen LogP contribution is -2.35. The summed E-state index contributed by atoms with van der Waals surface area (Å²) < 4.78 is 23.5. The van der Waals surface area contributed by atoms with Crippen LogP contribution in [0.15, 0.2) is 42.5 Å². The smallest absolute Gasteiger partial charge is 0.347 e. The van der Waals surface area contributed by atoms with Crippen LogP contribution in [0.1, 0.15) is 25.0 Å². The summed E-state index contributed by atoms with van der Waals surface area (Å²) in [6.07, 6.45) is -1.92. The molecule has 0 aliphatic heterocycles. The first kappa shape index (κ1) is 19.4. The summed E-state index contributed by atoms with van der Waals surface area (Å²) in [6, 6.07) is 11.0. The van der Waals surface area contributed by atoms with Gasteiger partial charge in [0.2, 0.25) is 0 Å². The van der Waals surface area contributed by atoms with Gasteiger partial charge in [0.25, 0.3) is 5.91 Å². The van der Waals surface area contributed by atoms with Crippen molar-refractivity contribution < 1.29 is 23.5 Å². The Morgan fingerprint density at radius 1 is 0.962 bits per heavy atom. The lowest BCUT2D eigenvalue weighted by Gasteiger charge is -2.19. The second-order valence-electron chi connectivity index (χ2n) is 6.05. The van der Waals surface area contributed by atoms with Gasteiger partial charge in [-0.05, 0) is 63.1 Å². The molecule has 0 heterocycles. The highest BCUT2D eigenvalue weighted by Crippen LogP contribution is 2.20. The van der Waals surface area contributed by atoms with E-state index in [0.717, 1.165) is 11.1 Å². The lowest BCUT2D eigenvalue weighted by atomic mass is 10.1. The fourth-order valence-corrected chi connectivity index (χ4v) is 2.33. The second kappa shape index (κ2) is 8.47. The van der Waals surface area contributed by atoms with Crippen molar-refractivity contribution in [3.05, 3.63) is 59.4 Å². The number of carbonyl (C=O) groups is 2. The van der Waals surface area contributed by atoms with E-state index in [1.54, 1.807) is 0 Å². The molecule has 6 heteroatoms. The van der Waals surface area contributed by atoms with Crippen LogP contribution in [0.3, 0.4) is 0 Å². The summed E-state index contributed by atoms with van der Waals surface area (Å²) in [5, 5.41) is 2.78. The van der Waals surface area contributed by atoms with E-state index in [2.05, 4.69) is 5.32 Å². The van der Waals surface area contributed by atoms with Crippen molar-refractivity contribution in [1.82, 2.24) is 0 Å². The molecule has 0 saturated carbocycles. The summed E-state index contributed by atoms with van der Waals surface area (Å²) in [7, 11) is 0. The minimum absolute atomic E-state index is 0.337. The van der Waals surface area contributed by atoms with Gasteiger partial charge in [-0.2, -0.15) is 0 Å². The Labute approximate surface area is 152 Å². The van der Waals surface area contributed by atoms with Gasteiger partial charge in [-0.25, -0.2) is 9.18 Å². The largest absolute Gasteiger partial charge is 0.479 e. The quantitative estimate of drug-likeness (QED) is 0.797. The first-order valence-electron chi connectivity index (χ1n) is 8.27. The number of ether oxygens (including phenoxy) is 2. The molecule has 1 amide bonds. The number of para-hydroxylation sites is 1. The third-order valence-corrected chi connectivity index (χ3v) is 3.85. The average molecular weight is 359 g/mol. The van der Waals surface area contributed by atoms with Crippen LogP contribution in [0, 0.1) is 19.7 Å². The molecule has 0 aromatic heterocycles. The fourth-order valence-electron chi connectivity index (χ4n) is 2.33. The predicted molar refractivity (Wildman–Crippen MR) is 96.6 cm³/mol. The molecular weight excluding hydrogens is 337 g/mol. The number of anilines is 1. The summed E-state index contributed by atoms with van der Waals surface area (Å²) in [4.78, 5) is 24.4. The van der Waals surface area contributed by atoms with Crippen LogP contribution >= 0.6 is 0 Å². The van der Waals surface area contributed by atoms with Crippen molar-refractivity contribution in [3.63, 3.8) is 0 Å². The van der Waals surface area contributed by atoms with Gasteiger partial charge >= 0.3 is 5.97 Å². The Morgan fingerprint density at radius 2 is 1.54 bits per heavy atom. The predicted octanol–water partition coefficient (Wildman–Crippen LogP) is 3.78. The zero-order valence-corrected chi connectivity index (χ0v) is 15.2. The van der Waals surface area contributed by atoms with Crippen LogP contribution in [-0.2, 0) is 14.3 Å². The van der Waals surface area contributed by atoms with E-state index < -0.39 is 29.9 Å². The zero-order valence-electron chi connectivity index (χ0n) is 15.2. The van der Waals surface area contributed by atoms with Gasteiger partial charge in [-0.1, -0.05) is 18.2 Å². The van der Waals surface area contributed by atoms with Gasteiger partial charge in [-0.15, -0.1) is 0 Å². The van der Waals surface area contributed by atoms with Crippen LogP contribution in [0.25, 0.3) is 0 Å². The molecule has 0 radical (unpaired) electrons. The van der Waals surface area contributed by atoms with E-state index in [9.17, 15) is 14.0 Å². The number of halogens is 1. The first-order valence-corrected chi connectivity index (χ1v) is 8.27. The maximum Gasteiger partial charge on any atom is 0.347 e. The number of benzene rings is 2. The Morgan fingerprint density at radius 3 is 2.12 bits per heavy atom. The third-order valence-electron chi connectivity index (χ3n) is 3.85. The number of esters is 1. The molecule has 26 heavy (non-hydrogen) atoms. The zero-order chi connectivity index (χ0) is 19.3. The molecule has 5 nitrogen and oxygen atoms in total. The van der Waals surface area contributed by atoms with Crippen molar-refractivity contribution in [2.24, 2.45) is 0 Å². The summed E-state index contributed by atoms with van der Waals surface area (Å²) in [5.74, 6) is -1.17. The van der Waals surface area contributed by atoms with Crippen LogP contribution in [-0.4, -0.2) is 24.1 Å². The van der Waals surface area contributed by atoms with E-state index in [4.69, 9.17) is 9.47 Å².